The zero-order chi connectivity index (χ0) is 23.1. The van der Waals surface area contributed by atoms with Crippen molar-refractivity contribution in [3.05, 3.63) is 60.7 Å². The van der Waals surface area contributed by atoms with Crippen molar-refractivity contribution >= 4 is 27.6 Å². The van der Waals surface area contributed by atoms with Gasteiger partial charge >= 0.3 is 0 Å². The van der Waals surface area contributed by atoms with Crippen LogP contribution in [0.5, 0.6) is 17.2 Å². The molecule has 8 heteroatoms. The van der Waals surface area contributed by atoms with E-state index in [9.17, 15) is 0 Å². The Balaban J connectivity index is 1.32. The Hall–Kier alpha value is -4.04. The molecule has 0 unspecified atom stereocenters. The van der Waals surface area contributed by atoms with Crippen LogP contribution in [0.15, 0.2) is 60.7 Å². The smallest absolute Gasteiger partial charge is 0.159 e. The number of aromatic nitrogens is 4. The Kier molecular flexibility index (Phi) is 5.07. The quantitative estimate of drug-likeness (QED) is 0.402. The van der Waals surface area contributed by atoms with E-state index in [1.165, 1.54) is 5.69 Å². The number of hydrogen-bond donors (Lipinski definition) is 2. The molecule has 6 rings (SSSR count). The molecule has 0 amide bonds. The van der Waals surface area contributed by atoms with Crippen molar-refractivity contribution in [2.75, 3.05) is 45.2 Å². The Bertz CT molecular complexity index is 1470. The molecule has 0 aliphatic carbocycles. The molecule has 0 spiro atoms. The topological polar surface area (TPSA) is 82.3 Å². The second-order valence-corrected chi connectivity index (χ2v) is 8.64. The van der Waals surface area contributed by atoms with Gasteiger partial charge in [0, 0.05) is 43.3 Å². The summed E-state index contributed by atoms with van der Waals surface area (Å²) in [6, 6.07) is 19.8. The van der Waals surface area contributed by atoms with Crippen LogP contribution in [0.1, 0.15) is 0 Å². The molecule has 5 aromatic rings. The molecule has 2 aromatic heterocycles. The predicted octanol–water partition coefficient (Wildman–Crippen LogP) is 4.66. The highest BCUT2D eigenvalue weighted by Crippen LogP contribution is 2.32. The van der Waals surface area contributed by atoms with Gasteiger partial charge in [-0.15, -0.1) is 0 Å². The number of H-pyrrole nitrogens is 2. The number of anilines is 1. The molecule has 1 aliphatic heterocycles. The lowest BCUT2D eigenvalue weighted by Crippen LogP contribution is -2.44. The molecule has 2 N–H and O–H groups in total. The van der Waals surface area contributed by atoms with E-state index in [1.54, 1.807) is 7.11 Å². The summed E-state index contributed by atoms with van der Waals surface area (Å²) in [5, 5.41) is 8.60. The summed E-state index contributed by atoms with van der Waals surface area (Å²) in [6.45, 7) is 4.21. The van der Waals surface area contributed by atoms with Crippen LogP contribution < -0.4 is 14.4 Å². The van der Waals surface area contributed by atoms with E-state index >= 15 is 0 Å². The van der Waals surface area contributed by atoms with Crippen molar-refractivity contribution in [2.45, 2.75) is 0 Å². The Labute approximate surface area is 197 Å². The lowest BCUT2D eigenvalue weighted by Gasteiger charge is -2.34. The number of likely N-dealkylation sites (N-methyl/N-ethyl adjacent to an activating group) is 1. The van der Waals surface area contributed by atoms with E-state index in [4.69, 9.17) is 14.5 Å². The monoisotopic (exact) mass is 454 g/mol. The van der Waals surface area contributed by atoms with E-state index in [-0.39, 0.29) is 0 Å². The van der Waals surface area contributed by atoms with Crippen molar-refractivity contribution in [1.82, 2.24) is 25.1 Å². The first-order chi connectivity index (χ1) is 16.7. The summed E-state index contributed by atoms with van der Waals surface area (Å²) in [6.07, 6.45) is 0. The van der Waals surface area contributed by atoms with Crippen LogP contribution in [0.3, 0.4) is 0 Å². The van der Waals surface area contributed by atoms with Gasteiger partial charge in [0.15, 0.2) is 5.82 Å². The fourth-order valence-electron chi connectivity index (χ4n) is 4.41. The molecule has 0 radical (unpaired) electrons. The van der Waals surface area contributed by atoms with Crippen LogP contribution in [0.4, 0.5) is 5.69 Å². The first-order valence-electron chi connectivity index (χ1n) is 11.4. The largest absolute Gasteiger partial charge is 0.497 e. The fourth-order valence-corrected chi connectivity index (χ4v) is 4.41. The molecule has 0 saturated carbocycles. The van der Waals surface area contributed by atoms with Gasteiger partial charge in [0.1, 0.15) is 22.9 Å². The highest BCUT2D eigenvalue weighted by atomic mass is 16.5. The van der Waals surface area contributed by atoms with E-state index < -0.39 is 0 Å². The van der Waals surface area contributed by atoms with E-state index in [1.807, 2.05) is 42.5 Å². The van der Waals surface area contributed by atoms with Crippen LogP contribution >= 0.6 is 0 Å². The SMILES string of the molecule is COc1cccc(Oc2ccc3[nH]nc(-c4nc5ccc(N6CCN(C)CC6)cc5[nH]4)c3c2)c1. The number of benzene rings is 3. The Morgan fingerprint density at radius 2 is 1.68 bits per heavy atom. The summed E-state index contributed by atoms with van der Waals surface area (Å²) < 4.78 is 11.4. The Morgan fingerprint density at radius 3 is 2.53 bits per heavy atom. The standard InChI is InChI=1S/C26H26N6O2/c1-31-10-12-32(13-11-31)17-6-8-23-24(14-17)28-26(27-23)25-21-16-20(7-9-22(21)29-30-25)34-19-5-3-4-18(15-19)33-2/h3-9,14-16H,10-13H2,1-2H3,(H,27,28)(H,29,30). The highest BCUT2D eigenvalue weighted by molar-refractivity contribution is 5.94. The van der Waals surface area contributed by atoms with Crippen molar-refractivity contribution in [1.29, 1.82) is 0 Å². The number of ether oxygens (including phenoxy) is 2. The number of methoxy groups -OCH3 is 1. The van der Waals surface area contributed by atoms with Gasteiger partial charge in [-0.25, -0.2) is 4.98 Å². The molecule has 34 heavy (non-hydrogen) atoms. The maximum absolute atomic E-state index is 6.08. The summed E-state index contributed by atoms with van der Waals surface area (Å²) in [5.74, 6) is 2.91. The zero-order valence-corrected chi connectivity index (χ0v) is 19.2. The van der Waals surface area contributed by atoms with Crippen LogP contribution in [0.25, 0.3) is 33.5 Å². The maximum Gasteiger partial charge on any atom is 0.159 e. The second-order valence-electron chi connectivity index (χ2n) is 8.64. The average molecular weight is 455 g/mol. The molecule has 3 aromatic carbocycles. The van der Waals surface area contributed by atoms with Gasteiger partial charge < -0.3 is 24.3 Å². The minimum absolute atomic E-state index is 0.712. The average Bonchev–Trinajstić information content (AvgIpc) is 3.47. The van der Waals surface area contributed by atoms with Crippen molar-refractivity contribution in [3.8, 4) is 28.8 Å². The van der Waals surface area contributed by atoms with Crippen molar-refractivity contribution in [3.63, 3.8) is 0 Å². The molecule has 1 fully saturated rings. The lowest BCUT2D eigenvalue weighted by molar-refractivity contribution is 0.313. The maximum atomic E-state index is 6.08. The van der Waals surface area contributed by atoms with E-state index in [0.29, 0.717) is 5.75 Å². The fraction of sp³-hybridized carbons (Fsp3) is 0.231. The first kappa shape index (κ1) is 20.6. The van der Waals surface area contributed by atoms with Crippen molar-refractivity contribution < 1.29 is 9.47 Å². The third-order valence-electron chi connectivity index (χ3n) is 6.37. The highest BCUT2D eigenvalue weighted by Gasteiger charge is 2.17. The number of aromatic amines is 2. The number of rotatable bonds is 5. The number of piperazine rings is 1. The summed E-state index contributed by atoms with van der Waals surface area (Å²) in [7, 11) is 3.81. The third-order valence-corrected chi connectivity index (χ3v) is 6.37. The van der Waals surface area contributed by atoms with Crippen LogP contribution in [-0.4, -0.2) is 65.4 Å². The van der Waals surface area contributed by atoms with Gasteiger partial charge in [-0.1, -0.05) is 6.07 Å². The molecule has 172 valence electrons. The van der Waals surface area contributed by atoms with Crippen LogP contribution in [-0.2, 0) is 0 Å². The van der Waals surface area contributed by atoms with Gasteiger partial charge in [-0.2, -0.15) is 5.10 Å². The minimum atomic E-state index is 0.712. The molecule has 1 saturated heterocycles. The third kappa shape index (κ3) is 3.82. The molecule has 8 nitrogen and oxygen atoms in total. The van der Waals surface area contributed by atoms with Gasteiger partial charge in [0.2, 0.25) is 0 Å². The summed E-state index contributed by atoms with van der Waals surface area (Å²) in [5.41, 5.74) is 4.84. The molecular formula is C26H26N6O2. The van der Waals surface area contributed by atoms with Crippen molar-refractivity contribution in [2.24, 2.45) is 0 Å². The number of imidazole rings is 1. The Morgan fingerprint density at radius 1 is 0.853 bits per heavy atom. The predicted molar refractivity (Wildman–Crippen MR) is 134 cm³/mol. The minimum Gasteiger partial charge on any atom is -0.497 e. The van der Waals surface area contributed by atoms with Gasteiger partial charge in [0.05, 0.1) is 23.7 Å². The molecule has 3 heterocycles. The van der Waals surface area contributed by atoms with Gasteiger partial charge in [-0.3, -0.25) is 5.10 Å². The molecule has 0 atom stereocenters. The number of nitrogens with one attached hydrogen (secondary N) is 2. The number of hydrogen-bond acceptors (Lipinski definition) is 6. The van der Waals surface area contributed by atoms with Gasteiger partial charge in [0.25, 0.3) is 0 Å². The first-order valence-corrected chi connectivity index (χ1v) is 11.4. The normalized spacial score (nSPS) is 14.7. The van der Waals surface area contributed by atoms with Crippen LogP contribution in [0, 0.1) is 0 Å². The van der Waals surface area contributed by atoms with E-state index in [0.717, 1.165) is 71.1 Å². The summed E-state index contributed by atoms with van der Waals surface area (Å²) >= 11 is 0. The zero-order valence-electron chi connectivity index (χ0n) is 19.2. The number of nitrogens with zero attached hydrogens (tertiary/aromatic N) is 4. The second kappa shape index (κ2) is 8.39. The van der Waals surface area contributed by atoms with Gasteiger partial charge in [-0.05, 0) is 55.6 Å². The van der Waals surface area contributed by atoms with Crippen LogP contribution in [0.2, 0.25) is 0 Å². The number of fused-ring (bicyclic) bond motifs is 2. The molecule has 1 aliphatic rings. The molecule has 0 bridgehead atoms. The summed E-state index contributed by atoms with van der Waals surface area (Å²) in [4.78, 5) is 13.1. The molecular weight excluding hydrogens is 428 g/mol. The van der Waals surface area contributed by atoms with E-state index in [2.05, 4.69) is 50.2 Å². The lowest BCUT2D eigenvalue weighted by atomic mass is 10.2.